The smallest absolute Gasteiger partial charge is 0.158 e. The molecule has 6 heteroatoms. The number of aromatic nitrogens is 5. The van der Waals surface area contributed by atoms with Gasteiger partial charge in [-0.1, -0.05) is 79.6 Å². The molecule has 0 N–H and O–H groups in total. The Morgan fingerprint density at radius 1 is 0.886 bits per heavy atom. The van der Waals surface area contributed by atoms with E-state index in [1.54, 1.807) is 4.68 Å². The second-order valence-corrected chi connectivity index (χ2v) is 8.81. The monoisotopic (exact) mass is 456 g/mol. The molecule has 0 fully saturated rings. The normalized spacial score (nSPS) is 11.4. The molecule has 0 aliphatic rings. The number of fused-ring (bicyclic) bond motifs is 5. The number of imidazole rings is 1. The van der Waals surface area contributed by atoms with E-state index in [1.165, 1.54) is 24.8 Å². The molecule has 0 aliphatic heterocycles. The van der Waals surface area contributed by atoms with Crippen LogP contribution in [0.1, 0.15) is 37.3 Å². The molecule has 3 aromatic heterocycles. The number of unbranched alkanes of at least 4 members (excludes halogenated alkanes) is 2. The molecule has 3 heterocycles. The molecule has 0 saturated heterocycles. The van der Waals surface area contributed by atoms with Crippen LogP contribution in [0.5, 0.6) is 0 Å². The summed E-state index contributed by atoms with van der Waals surface area (Å²) >= 11 is 0. The molecule has 0 aliphatic carbocycles. The molecular formula is C29H24N6. The van der Waals surface area contributed by atoms with Crippen LogP contribution < -0.4 is 0 Å². The summed E-state index contributed by atoms with van der Waals surface area (Å²) in [5, 5.41) is 20.1. The average molecular weight is 457 g/mol. The van der Waals surface area contributed by atoms with Gasteiger partial charge in [0.25, 0.3) is 0 Å². The van der Waals surface area contributed by atoms with Crippen molar-refractivity contribution in [3.05, 3.63) is 90.1 Å². The van der Waals surface area contributed by atoms with E-state index in [-0.39, 0.29) is 0 Å². The Kier molecular flexibility index (Phi) is 5.23. The van der Waals surface area contributed by atoms with E-state index >= 15 is 0 Å². The average Bonchev–Trinajstić information content (AvgIpc) is 3.54. The van der Waals surface area contributed by atoms with Crippen LogP contribution in [-0.2, 0) is 6.42 Å². The van der Waals surface area contributed by atoms with Crippen LogP contribution >= 0.6 is 0 Å². The molecule has 6 nitrogen and oxygen atoms in total. The third kappa shape index (κ3) is 3.53. The van der Waals surface area contributed by atoms with E-state index in [1.807, 2.05) is 48.7 Å². The fraction of sp³-hybridized carbons (Fsp3) is 0.172. The number of hydrogen-bond acceptors (Lipinski definition) is 4. The van der Waals surface area contributed by atoms with Gasteiger partial charge in [0.1, 0.15) is 17.3 Å². The SMILES string of the molecule is CCCCCc1ccc(-c2cn(-c3c(C#N)c4nc5ccccc5n4c4ccccc34)nn2)cc1. The van der Waals surface area contributed by atoms with E-state index in [0.29, 0.717) is 16.9 Å². The summed E-state index contributed by atoms with van der Waals surface area (Å²) in [5.74, 6) is 0. The van der Waals surface area contributed by atoms with Gasteiger partial charge in [-0.05, 0) is 36.6 Å². The molecule has 6 rings (SSSR count). The predicted octanol–water partition coefficient (Wildman–Crippen LogP) is 6.49. The van der Waals surface area contributed by atoms with Crippen LogP contribution in [-0.4, -0.2) is 24.4 Å². The van der Waals surface area contributed by atoms with Gasteiger partial charge in [-0.3, -0.25) is 4.40 Å². The summed E-state index contributed by atoms with van der Waals surface area (Å²) in [4.78, 5) is 4.81. The van der Waals surface area contributed by atoms with Gasteiger partial charge in [-0.15, -0.1) is 5.10 Å². The van der Waals surface area contributed by atoms with Gasteiger partial charge in [0.15, 0.2) is 5.65 Å². The molecule has 0 radical (unpaired) electrons. The Morgan fingerprint density at radius 3 is 2.46 bits per heavy atom. The minimum absolute atomic E-state index is 0.475. The number of aryl methyl sites for hydroxylation is 1. The lowest BCUT2D eigenvalue weighted by Crippen LogP contribution is -2.04. The summed E-state index contributed by atoms with van der Waals surface area (Å²) in [6, 6.07) is 26.9. The largest absolute Gasteiger partial charge is 0.291 e. The zero-order valence-electron chi connectivity index (χ0n) is 19.5. The second-order valence-electron chi connectivity index (χ2n) is 8.81. The summed E-state index contributed by atoms with van der Waals surface area (Å²) in [6.07, 6.45) is 6.68. The molecule has 0 saturated carbocycles. The highest BCUT2D eigenvalue weighted by molar-refractivity contribution is 5.99. The lowest BCUT2D eigenvalue weighted by atomic mass is 10.0. The van der Waals surface area contributed by atoms with Gasteiger partial charge in [0.2, 0.25) is 0 Å². The van der Waals surface area contributed by atoms with Crippen molar-refractivity contribution >= 4 is 27.6 Å². The van der Waals surface area contributed by atoms with Crippen LogP contribution in [0, 0.1) is 11.3 Å². The molecule has 0 unspecified atom stereocenters. The molecule has 0 amide bonds. The maximum atomic E-state index is 10.2. The maximum Gasteiger partial charge on any atom is 0.158 e. The fourth-order valence-electron chi connectivity index (χ4n) is 4.81. The first-order chi connectivity index (χ1) is 17.3. The first kappa shape index (κ1) is 21.1. The van der Waals surface area contributed by atoms with Gasteiger partial charge in [0, 0.05) is 10.9 Å². The van der Waals surface area contributed by atoms with E-state index in [4.69, 9.17) is 4.98 Å². The van der Waals surface area contributed by atoms with Crippen molar-refractivity contribution in [3.8, 4) is 23.0 Å². The minimum atomic E-state index is 0.475. The van der Waals surface area contributed by atoms with Crippen LogP contribution in [0.3, 0.4) is 0 Å². The zero-order valence-corrected chi connectivity index (χ0v) is 19.5. The number of hydrogen-bond donors (Lipinski definition) is 0. The number of para-hydroxylation sites is 3. The topological polar surface area (TPSA) is 71.8 Å². The lowest BCUT2D eigenvalue weighted by molar-refractivity contribution is 0.717. The highest BCUT2D eigenvalue weighted by atomic mass is 15.4. The van der Waals surface area contributed by atoms with Gasteiger partial charge in [-0.25, -0.2) is 9.67 Å². The van der Waals surface area contributed by atoms with Crippen molar-refractivity contribution in [3.63, 3.8) is 0 Å². The summed E-state index contributed by atoms with van der Waals surface area (Å²) < 4.78 is 3.77. The Labute approximate surface area is 203 Å². The molecule has 35 heavy (non-hydrogen) atoms. The highest BCUT2D eigenvalue weighted by Crippen LogP contribution is 2.32. The van der Waals surface area contributed by atoms with Gasteiger partial charge in [0.05, 0.1) is 28.4 Å². The zero-order chi connectivity index (χ0) is 23.8. The molecule has 6 aromatic rings. The van der Waals surface area contributed by atoms with Crippen molar-refractivity contribution < 1.29 is 0 Å². The van der Waals surface area contributed by atoms with Crippen LogP contribution in [0.15, 0.2) is 79.0 Å². The first-order valence-corrected chi connectivity index (χ1v) is 12.0. The van der Waals surface area contributed by atoms with E-state index in [2.05, 4.69) is 58.0 Å². The summed E-state index contributed by atoms with van der Waals surface area (Å²) in [7, 11) is 0. The molecule has 0 bridgehead atoms. The number of nitrogens with zero attached hydrogens (tertiary/aromatic N) is 6. The first-order valence-electron chi connectivity index (χ1n) is 12.0. The molecule has 0 atom stereocenters. The lowest BCUT2D eigenvalue weighted by Gasteiger charge is -2.11. The Bertz CT molecular complexity index is 1720. The van der Waals surface area contributed by atoms with Gasteiger partial charge >= 0.3 is 0 Å². The van der Waals surface area contributed by atoms with Gasteiger partial charge < -0.3 is 0 Å². The molecule has 3 aromatic carbocycles. The number of nitriles is 1. The van der Waals surface area contributed by atoms with E-state index < -0.39 is 0 Å². The predicted molar refractivity (Wildman–Crippen MR) is 139 cm³/mol. The second kappa shape index (κ2) is 8.69. The third-order valence-corrected chi connectivity index (χ3v) is 6.57. The minimum Gasteiger partial charge on any atom is -0.291 e. The number of pyridine rings is 1. The van der Waals surface area contributed by atoms with Crippen molar-refractivity contribution in [2.75, 3.05) is 0 Å². The van der Waals surface area contributed by atoms with Crippen molar-refractivity contribution in [2.45, 2.75) is 32.6 Å². The maximum absolute atomic E-state index is 10.2. The number of benzene rings is 3. The van der Waals surface area contributed by atoms with Gasteiger partial charge in [-0.2, -0.15) is 5.26 Å². The van der Waals surface area contributed by atoms with E-state index in [9.17, 15) is 5.26 Å². The highest BCUT2D eigenvalue weighted by Gasteiger charge is 2.20. The summed E-state index contributed by atoms with van der Waals surface area (Å²) in [6.45, 7) is 2.22. The Morgan fingerprint density at radius 2 is 1.66 bits per heavy atom. The Balaban J connectivity index is 1.50. The third-order valence-electron chi connectivity index (χ3n) is 6.57. The van der Waals surface area contributed by atoms with E-state index in [0.717, 1.165) is 39.6 Å². The summed E-state index contributed by atoms with van der Waals surface area (Å²) in [5.41, 5.74) is 7.70. The quantitative estimate of drug-likeness (QED) is 0.268. The van der Waals surface area contributed by atoms with Crippen LogP contribution in [0.4, 0.5) is 0 Å². The van der Waals surface area contributed by atoms with Crippen LogP contribution in [0.25, 0.3) is 44.5 Å². The number of rotatable bonds is 6. The van der Waals surface area contributed by atoms with Crippen LogP contribution in [0.2, 0.25) is 0 Å². The fourth-order valence-corrected chi connectivity index (χ4v) is 4.81. The van der Waals surface area contributed by atoms with Crippen molar-refractivity contribution in [1.29, 1.82) is 5.26 Å². The molecular weight excluding hydrogens is 432 g/mol. The van der Waals surface area contributed by atoms with Crippen molar-refractivity contribution in [1.82, 2.24) is 24.4 Å². The molecule has 0 spiro atoms. The van der Waals surface area contributed by atoms with Crippen molar-refractivity contribution in [2.24, 2.45) is 0 Å². The Hall–Kier alpha value is -4.50. The molecule has 170 valence electrons. The standard InChI is InChI=1S/C29H24N6/c1-2-3-4-9-20-14-16-21(17-15-20)25-19-34(33-32-25)28-22-10-5-7-12-26(22)35-27-13-8-6-11-24(27)31-29(35)23(28)18-30/h5-8,10-17,19H,2-4,9H2,1H3.